The SMILES string of the molecule is [2H]C([2H])([2H])C([2H])([2H])C(=O)C([2H])([2H])C([2H])([2H])[2H]. The summed E-state index contributed by atoms with van der Waals surface area (Å²) in [6.07, 6.45) is -7.07. The van der Waals surface area contributed by atoms with Gasteiger partial charge in [0.25, 0.3) is 0 Å². The van der Waals surface area contributed by atoms with E-state index in [0.717, 1.165) is 0 Å². The molecule has 0 aliphatic carbocycles. The quantitative estimate of drug-likeness (QED) is 0.507. The van der Waals surface area contributed by atoms with Crippen LogP contribution < -0.4 is 0 Å². The molecule has 1 nitrogen and oxygen atoms in total. The molecule has 0 radical (unpaired) electrons. The third kappa shape index (κ3) is 1.94. The Morgan fingerprint density at radius 1 is 1.83 bits per heavy atom. The van der Waals surface area contributed by atoms with Crippen LogP contribution >= 0.6 is 0 Å². The lowest BCUT2D eigenvalue weighted by molar-refractivity contribution is -0.118. The molecular formula is C5H10O. The third-order valence-corrected chi connectivity index (χ3v) is 0.227. The second kappa shape index (κ2) is 2.88. The van der Waals surface area contributed by atoms with E-state index in [-0.39, 0.29) is 0 Å². The van der Waals surface area contributed by atoms with Gasteiger partial charge in [-0.1, -0.05) is 13.7 Å². The molecule has 0 saturated carbocycles. The molecule has 0 atom stereocenters. The summed E-state index contributed by atoms with van der Waals surface area (Å²) in [6, 6.07) is 0. The van der Waals surface area contributed by atoms with Crippen molar-refractivity contribution in [1.29, 1.82) is 0 Å². The molecule has 36 valence electrons. The summed E-state index contributed by atoms with van der Waals surface area (Å²) in [4.78, 5) is 11.3. The Hall–Kier alpha value is -0.330. The normalized spacial score (nSPS) is 42.0. The van der Waals surface area contributed by atoms with Crippen LogP contribution in [0.4, 0.5) is 0 Å². The van der Waals surface area contributed by atoms with Gasteiger partial charge in [0.15, 0.2) is 0 Å². The van der Waals surface area contributed by atoms with Crippen LogP contribution in [-0.2, 0) is 4.79 Å². The average molecular weight is 96.2 g/mol. The van der Waals surface area contributed by atoms with Crippen LogP contribution in [0, 0.1) is 0 Å². The highest BCUT2D eigenvalue weighted by Crippen LogP contribution is 1.82. The fraction of sp³-hybridized carbons (Fsp3) is 0.800. The van der Waals surface area contributed by atoms with E-state index >= 15 is 0 Å². The van der Waals surface area contributed by atoms with Crippen molar-refractivity contribution in [3.63, 3.8) is 0 Å². The first-order valence-electron chi connectivity index (χ1n) is 6.20. The lowest BCUT2D eigenvalue weighted by atomic mass is 10.3. The molecule has 0 spiro atoms. The van der Waals surface area contributed by atoms with Crippen LogP contribution in [0.2, 0.25) is 0 Å². The zero-order valence-electron chi connectivity index (χ0n) is 12.9. The molecule has 0 aromatic carbocycles. The van der Waals surface area contributed by atoms with Crippen LogP contribution in [0.15, 0.2) is 0 Å². The van der Waals surface area contributed by atoms with Gasteiger partial charge in [-0.3, -0.25) is 4.79 Å². The van der Waals surface area contributed by atoms with Gasteiger partial charge in [-0.2, -0.15) is 0 Å². The van der Waals surface area contributed by atoms with E-state index in [1.54, 1.807) is 0 Å². The van der Waals surface area contributed by atoms with Gasteiger partial charge in [0.1, 0.15) is 5.78 Å². The van der Waals surface area contributed by atoms with Crippen LogP contribution in [0.3, 0.4) is 0 Å². The Labute approximate surface area is 52.4 Å². The van der Waals surface area contributed by atoms with Crippen molar-refractivity contribution in [1.82, 2.24) is 0 Å². The molecule has 0 aliphatic heterocycles. The lowest BCUT2D eigenvalue weighted by Crippen LogP contribution is -1.88. The van der Waals surface area contributed by atoms with E-state index in [0.29, 0.717) is 0 Å². The summed E-state index contributed by atoms with van der Waals surface area (Å²) in [5.74, 6) is -2.10. The second-order valence-electron chi connectivity index (χ2n) is 0.579. The fourth-order valence-corrected chi connectivity index (χ4v) is 0.0312. The molecular weight excluding hydrogens is 76.1 g/mol. The highest BCUT2D eigenvalue weighted by Gasteiger charge is 1.86. The minimum Gasteiger partial charge on any atom is -0.300 e. The van der Waals surface area contributed by atoms with Gasteiger partial charge in [0.05, 0.1) is 0 Å². The van der Waals surface area contributed by atoms with Crippen molar-refractivity contribution in [2.45, 2.75) is 26.4 Å². The first-order chi connectivity index (χ1) is 6.65. The topological polar surface area (TPSA) is 17.1 Å². The van der Waals surface area contributed by atoms with Crippen LogP contribution in [0.25, 0.3) is 0 Å². The van der Waals surface area contributed by atoms with E-state index in [1.807, 2.05) is 0 Å². The summed E-state index contributed by atoms with van der Waals surface area (Å²) < 4.78 is 68.4. The third-order valence-electron chi connectivity index (χ3n) is 0.227. The Morgan fingerprint density at radius 3 is 2.67 bits per heavy atom. The summed E-state index contributed by atoms with van der Waals surface area (Å²) >= 11 is 0. The van der Waals surface area contributed by atoms with E-state index in [2.05, 4.69) is 0 Å². The van der Waals surface area contributed by atoms with Crippen molar-refractivity contribution in [2.24, 2.45) is 0 Å². The molecule has 0 aromatic rings. The van der Waals surface area contributed by atoms with Crippen molar-refractivity contribution < 1.29 is 18.5 Å². The van der Waals surface area contributed by atoms with Crippen LogP contribution in [-0.4, -0.2) is 5.78 Å². The molecule has 0 bridgehead atoms. The van der Waals surface area contributed by atoms with Crippen LogP contribution in [0.5, 0.6) is 0 Å². The average Bonchev–Trinajstić information content (AvgIpc) is 1.98. The summed E-state index contributed by atoms with van der Waals surface area (Å²) in [5, 5.41) is 0. The summed E-state index contributed by atoms with van der Waals surface area (Å²) in [6.45, 7) is -6.83. The lowest BCUT2D eigenvalue weighted by Gasteiger charge is -1.81. The second-order valence-corrected chi connectivity index (χ2v) is 0.579. The molecule has 0 unspecified atom stereocenters. The molecule has 6 heavy (non-hydrogen) atoms. The van der Waals surface area contributed by atoms with Gasteiger partial charge in [0, 0.05) is 26.5 Å². The molecule has 0 rings (SSSR count). The molecule has 1 heteroatoms. The van der Waals surface area contributed by atoms with E-state index in [1.165, 1.54) is 0 Å². The van der Waals surface area contributed by atoms with Crippen LogP contribution in [0.1, 0.15) is 40.2 Å². The van der Waals surface area contributed by atoms with E-state index in [4.69, 9.17) is 13.7 Å². The highest BCUT2D eigenvalue weighted by atomic mass is 16.1. The Morgan fingerprint density at radius 2 is 2.33 bits per heavy atom. The van der Waals surface area contributed by atoms with Gasteiger partial charge >= 0.3 is 0 Å². The number of Topliss-reactive ketones (excluding diaryl/α,β-unsaturated/α-hetero) is 1. The van der Waals surface area contributed by atoms with Gasteiger partial charge in [-0.05, 0) is 0 Å². The zero-order chi connectivity index (χ0) is 13.6. The standard InChI is InChI=1S/C5H10O/c1-3-5(6)4-2/h3-4H2,1-2H3/i1D3,2D3,3D2,4D2. The Bertz CT molecular complexity index is 255. The first-order valence-corrected chi connectivity index (χ1v) is 1.20. The minimum atomic E-state index is -3.54. The molecule has 0 heterocycles. The van der Waals surface area contributed by atoms with Crippen molar-refractivity contribution in [3.05, 3.63) is 0 Å². The molecule has 0 saturated heterocycles. The fourth-order valence-electron chi connectivity index (χ4n) is 0.0312. The smallest absolute Gasteiger partial charge is 0.132 e. The maximum Gasteiger partial charge on any atom is 0.132 e. The number of hydrogen-bond acceptors (Lipinski definition) is 1. The van der Waals surface area contributed by atoms with Crippen molar-refractivity contribution in [2.75, 3.05) is 0 Å². The van der Waals surface area contributed by atoms with Gasteiger partial charge < -0.3 is 0 Å². The first kappa shape index (κ1) is 0.575. The monoisotopic (exact) mass is 96.1 g/mol. The number of hydrogen-bond donors (Lipinski definition) is 0. The molecule has 0 fully saturated rings. The minimum absolute atomic E-state index is 2.10. The number of rotatable bonds is 2. The van der Waals surface area contributed by atoms with Gasteiger partial charge in [0.2, 0.25) is 0 Å². The van der Waals surface area contributed by atoms with E-state index < -0.39 is 32.2 Å². The molecule has 0 N–H and O–H groups in total. The highest BCUT2D eigenvalue weighted by molar-refractivity contribution is 5.77. The maximum absolute atomic E-state index is 11.3. The predicted molar refractivity (Wildman–Crippen MR) is 25.6 cm³/mol. The van der Waals surface area contributed by atoms with E-state index in [9.17, 15) is 4.79 Å². The summed E-state index contributed by atoms with van der Waals surface area (Å²) in [5.41, 5.74) is 0. The zero-order valence-corrected chi connectivity index (χ0v) is 2.91. The number of carbonyl (C=O) groups excluding carboxylic acids is 1. The predicted octanol–water partition coefficient (Wildman–Crippen LogP) is 1.38. The Kier molecular flexibility index (Phi) is 0.276. The molecule has 0 amide bonds. The van der Waals surface area contributed by atoms with Crippen molar-refractivity contribution in [3.8, 4) is 0 Å². The number of ketones is 1. The van der Waals surface area contributed by atoms with Gasteiger partial charge in [-0.25, -0.2) is 0 Å². The Balaban J connectivity index is 5.40. The number of carbonyl (C=O) groups is 1. The molecule has 0 aliphatic rings. The molecule has 0 aromatic heterocycles. The summed E-state index contributed by atoms with van der Waals surface area (Å²) in [7, 11) is 0. The van der Waals surface area contributed by atoms with Gasteiger partial charge in [-0.15, -0.1) is 0 Å². The largest absolute Gasteiger partial charge is 0.300 e. The maximum atomic E-state index is 11.3. The van der Waals surface area contributed by atoms with Crippen molar-refractivity contribution >= 4 is 5.78 Å².